The maximum absolute atomic E-state index is 8.92. The highest BCUT2D eigenvalue weighted by Gasteiger charge is 1.29. The minimum Gasteiger partial charge on any atom is -0.260 e. The summed E-state index contributed by atoms with van der Waals surface area (Å²) in [5, 5.41) is 0. The Morgan fingerprint density at radius 3 is 2.00 bits per heavy atom. The molecule has 0 aromatic carbocycles. The zero-order valence-corrected chi connectivity index (χ0v) is 4.36. The lowest BCUT2D eigenvalue weighted by Crippen LogP contribution is -1.43. The molecular formula is C2H7NOSi. The Labute approximate surface area is 34.4 Å². The molecule has 2 nitrogen and oxygen atoms in total. The lowest BCUT2D eigenvalue weighted by atomic mass is 11.7. The first-order valence-electron chi connectivity index (χ1n) is 0.875. The highest BCUT2D eigenvalue weighted by atomic mass is 28.2. The highest BCUT2D eigenvalue weighted by molar-refractivity contribution is 6.07. The predicted octanol–water partition coefficient (Wildman–Crippen LogP) is -0.761. The number of nitrogens with zero attached hydrogens (tertiary/aromatic N) is 1. The molecule has 5 heavy (non-hydrogen) atoms. The molecule has 0 aromatic heterocycles. The third-order valence-corrected chi connectivity index (χ3v) is 0.274. The number of isocyanates is 1. The first kappa shape index (κ1) is 8.82. The van der Waals surface area contributed by atoms with Crippen molar-refractivity contribution in [2.75, 3.05) is 0 Å². The molecule has 0 unspecified atom stereocenters. The third-order valence-electron chi connectivity index (χ3n) is 0.0913. The van der Waals surface area contributed by atoms with Gasteiger partial charge < -0.3 is 0 Å². The van der Waals surface area contributed by atoms with Crippen molar-refractivity contribution in [1.29, 1.82) is 0 Å². The van der Waals surface area contributed by atoms with Gasteiger partial charge in [-0.05, 0) is 0 Å². The monoisotopic (exact) mass is 89.0 g/mol. The van der Waals surface area contributed by atoms with E-state index >= 15 is 0 Å². The zero-order valence-electron chi connectivity index (χ0n) is 2.36. The lowest BCUT2D eigenvalue weighted by molar-refractivity contribution is 0.566. The molecule has 0 aromatic rings. The van der Waals surface area contributed by atoms with Gasteiger partial charge in [0, 0.05) is 0 Å². The summed E-state index contributed by atoms with van der Waals surface area (Å²) in [5.41, 5.74) is 0. The van der Waals surface area contributed by atoms with Crippen molar-refractivity contribution in [2.24, 2.45) is 4.66 Å². The van der Waals surface area contributed by atoms with Crippen LogP contribution in [0.5, 0.6) is 0 Å². The lowest BCUT2D eigenvalue weighted by Gasteiger charge is -1.36. The van der Waals surface area contributed by atoms with Gasteiger partial charge in [-0.2, -0.15) is 0 Å². The van der Waals surface area contributed by atoms with E-state index < -0.39 is 0 Å². The zero-order chi connectivity index (χ0) is 3.41. The van der Waals surface area contributed by atoms with E-state index in [0.29, 0.717) is 10.4 Å². The van der Waals surface area contributed by atoms with Crippen molar-refractivity contribution in [3.63, 3.8) is 0 Å². The summed E-state index contributed by atoms with van der Waals surface area (Å²) in [6, 6.07) is 0. The molecular weight excluding hydrogens is 82.1 g/mol. The molecule has 0 spiro atoms. The molecule has 0 fully saturated rings. The molecule has 0 rings (SSSR count). The standard InChI is InChI=1S/CH3NOSi.CH4/c3-1-2-4;/h4H3;1H4. The number of carbonyl (C=O) groups excluding carboxylic acids is 1. The largest absolute Gasteiger partial charge is 0.260 e. The predicted molar refractivity (Wildman–Crippen MR) is 24.8 cm³/mol. The van der Waals surface area contributed by atoms with E-state index in [9.17, 15) is 0 Å². The van der Waals surface area contributed by atoms with E-state index in [1.807, 2.05) is 0 Å². The molecule has 0 radical (unpaired) electrons. The Kier molecular flexibility index (Phi) is 16.8. The summed E-state index contributed by atoms with van der Waals surface area (Å²) in [7, 11) is 0.591. The second kappa shape index (κ2) is 9.51. The number of hydrogen-bond acceptors (Lipinski definition) is 2. The van der Waals surface area contributed by atoms with Crippen LogP contribution in [0, 0.1) is 0 Å². The van der Waals surface area contributed by atoms with Gasteiger partial charge in [0.25, 0.3) is 0 Å². The molecule has 0 saturated carbocycles. The first-order valence-corrected chi connectivity index (χ1v) is 1.77. The summed E-state index contributed by atoms with van der Waals surface area (Å²) in [6.45, 7) is 0. The van der Waals surface area contributed by atoms with Gasteiger partial charge in [0.2, 0.25) is 6.08 Å². The molecule has 0 saturated heterocycles. The van der Waals surface area contributed by atoms with Gasteiger partial charge in [-0.15, -0.1) is 0 Å². The molecule has 0 amide bonds. The van der Waals surface area contributed by atoms with Crippen molar-refractivity contribution in [3.8, 4) is 0 Å². The Balaban J connectivity index is 0. The average molecular weight is 89.2 g/mol. The Morgan fingerprint density at radius 2 is 2.00 bits per heavy atom. The number of rotatable bonds is 0. The van der Waals surface area contributed by atoms with E-state index in [2.05, 4.69) is 4.66 Å². The molecule has 0 aliphatic carbocycles. The van der Waals surface area contributed by atoms with Gasteiger partial charge in [0.1, 0.15) is 0 Å². The molecule has 0 bridgehead atoms. The van der Waals surface area contributed by atoms with Gasteiger partial charge in [0.15, 0.2) is 10.4 Å². The second-order valence-corrected chi connectivity index (χ2v) is 0.762. The van der Waals surface area contributed by atoms with Crippen LogP contribution >= 0.6 is 0 Å². The SMILES string of the molecule is C.O=C=N[SiH3]. The van der Waals surface area contributed by atoms with Crippen LogP contribution in [0.15, 0.2) is 4.66 Å². The molecule has 0 aliphatic rings. The summed E-state index contributed by atoms with van der Waals surface area (Å²) in [5.74, 6) is 0. The van der Waals surface area contributed by atoms with Gasteiger partial charge in [-0.3, -0.25) is 4.66 Å². The van der Waals surface area contributed by atoms with Gasteiger partial charge >= 0.3 is 0 Å². The Morgan fingerprint density at radius 1 is 1.80 bits per heavy atom. The van der Waals surface area contributed by atoms with E-state index in [0.717, 1.165) is 0 Å². The fraction of sp³-hybridized carbons (Fsp3) is 0.500. The van der Waals surface area contributed by atoms with E-state index in [4.69, 9.17) is 4.79 Å². The van der Waals surface area contributed by atoms with Crippen LogP contribution in [-0.2, 0) is 4.79 Å². The van der Waals surface area contributed by atoms with Crippen LogP contribution in [0.2, 0.25) is 0 Å². The molecule has 3 heteroatoms. The smallest absolute Gasteiger partial charge is 0.223 e. The van der Waals surface area contributed by atoms with E-state index in [1.54, 1.807) is 0 Å². The maximum Gasteiger partial charge on any atom is 0.223 e. The minimum absolute atomic E-state index is 0. The Bertz CT molecular complexity index is 47.6. The van der Waals surface area contributed by atoms with Crippen molar-refractivity contribution in [3.05, 3.63) is 0 Å². The van der Waals surface area contributed by atoms with Crippen molar-refractivity contribution < 1.29 is 4.79 Å². The quantitative estimate of drug-likeness (QED) is 0.218. The molecule has 0 aliphatic heterocycles. The second-order valence-electron chi connectivity index (χ2n) is 0.315. The summed E-state index contributed by atoms with van der Waals surface area (Å²) in [6.07, 6.45) is 1.37. The average Bonchev–Trinajstić information content (AvgIpc) is 1.37. The molecule has 0 heterocycles. The molecule has 0 atom stereocenters. The maximum atomic E-state index is 8.92. The normalized spacial score (nSPS) is 4.00. The van der Waals surface area contributed by atoms with E-state index in [-0.39, 0.29) is 7.43 Å². The summed E-state index contributed by atoms with van der Waals surface area (Å²) < 4.78 is 3.07. The van der Waals surface area contributed by atoms with Crippen LogP contribution < -0.4 is 0 Å². The van der Waals surface area contributed by atoms with Crippen molar-refractivity contribution in [2.45, 2.75) is 7.43 Å². The topological polar surface area (TPSA) is 29.4 Å². The fourth-order valence-corrected chi connectivity index (χ4v) is 0. The van der Waals surface area contributed by atoms with Crippen molar-refractivity contribution in [1.82, 2.24) is 0 Å². The minimum atomic E-state index is 0. The van der Waals surface area contributed by atoms with E-state index in [1.165, 1.54) is 6.08 Å². The van der Waals surface area contributed by atoms with Crippen molar-refractivity contribution >= 4 is 16.5 Å². The summed E-state index contributed by atoms with van der Waals surface area (Å²) in [4.78, 5) is 8.92. The molecule has 0 N–H and O–H groups in total. The van der Waals surface area contributed by atoms with Crippen LogP contribution in [0.1, 0.15) is 7.43 Å². The highest BCUT2D eigenvalue weighted by Crippen LogP contribution is 1.24. The molecule has 30 valence electrons. The van der Waals surface area contributed by atoms with Crippen LogP contribution in [0.25, 0.3) is 0 Å². The first-order chi connectivity index (χ1) is 1.91. The van der Waals surface area contributed by atoms with Gasteiger partial charge in [-0.1, -0.05) is 7.43 Å². The fourth-order valence-electron chi connectivity index (χ4n) is 0. The Hall–Kier alpha value is -0.403. The third kappa shape index (κ3) is 25.7. The van der Waals surface area contributed by atoms with Gasteiger partial charge in [-0.25, -0.2) is 4.79 Å². The van der Waals surface area contributed by atoms with Crippen LogP contribution in [0.4, 0.5) is 0 Å². The summed E-state index contributed by atoms with van der Waals surface area (Å²) >= 11 is 0. The van der Waals surface area contributed by atoms with Crippen LogP contribution in [-0.4, -0.2) is 16.5 Å². The number of hydrogen-bond donors (Lipinski definition) is 0. The van der Waals surface area contributed by atoms with Gasteiger partial charge in [0.05, 0.1) is 0 Å². The van der Waals surface area contributed by atoms with Crippen LogP contribution in [0.3, 0.4) is 0 Å².